The lowest BCUT2D eigenvalue weighted by Crippen LogP contribution is -2.23. The number of halogens is 2. The molecule has 0 saturated heterocycles. The van der Waals surface area contributed by atoms with Crippen LogP contribution in [0.1, 0.15) is 55.7 Å². The van der Waals surface area contributed by atoms with E-state index < -0.39 is 11.6 Å². The zero-order valence-corrected chi connectivity index (χ0v) is 19.9. The molecule has 1 amide bonds. The maximum absolute atomic E-state index is 13.4. The van der Waals surface area contributed by atoms with Gasteiger partial charge in [0, 0.05) is 25.2 Å². The molecule has 3 aromatic carbocycles. The van der Waals surface area contributed by atoms with Crippen LogP contribution in [0.25, 0.3) is 5.57 Å². The molecule has 1 N–H and O–H groups in total. The Morgan fingerprint density at radius 2 is 1.71 bits per heavy atom. The summed E-state index contributed by atoms with van der Waals surface area (Å²) in [5, 5.41) is 2.71. The van der Waals surface area contributed by atoms with Gasteiger partial charge in [0.1, 0.15) is 23.1 Å². The first-order chi connectivity index (χ1) is 16.4. The molecule has 0 aliphatic heterocycles. The van der Waals surface area contributed by atoms with Gasteiger partial charge in [0.2, 0.25) is 0 Å². The van der Waals surface area contributed by atoms with E-state index in [4.69, 9.17) is 4.74 Å². The zero-order chi connectivity index (χ0) is 24.7. The average Bonchev–Trinajstić information content (AvgIpc) is 3.26. The van der Waals surface area contributed by atoms with Crippen molar-refractivity contribution in [2.24, 2.45) is 0 Å². The van der Waals surface area contributed by atoms with Crippen LogP contribution in [-0.4, -0.2) is 5.91 Å². The maximum atomic E-state index is 13.4. The highest BCUT2D eigenvalue weighted by molar-refractivity contribution is 5.96. The molecule has 178 valence electrons. The van der Waals surface area contributed by atoms with Gasteiger partial charge in [-0.1, -0.05) is 49.8 Å². The first-order valence-electron chi connectivity index (χ1n) is 11.4. The van der Waals surface area contributed by atoms with Gasteiger partial charge in [-0.25, -0.2) is 8.78 Å². The Labute approximate surface area is 201 Å². The number of carbonyl (C=O) groups is 1. The van der Waals surface area contributed by atoms with Gasteiger partial charge >= 0.3 is 0 Å². The van der Waals surface area contributed by atoms with Crippen LogP contribution in [0.4, 0.5) is 8.78 Å². The molecule has 4 rings (SSSR count). The van der Waals surface area contributed by atoms with Crippen LogP contribution >= 0.6 is 0 Å². The fraction of sp³-hybridized carbons (Fsp3) is 0.207. The smallest absolute Gasteiger partial charge is 0.251 e. The zero-order valence-electron chi connectivity index (χ0n) is 19.9. The summed E-state index contributed by atoms with van der Waals surface area (Å²) in [5.74, 6) is -0.453. The molecule has 0 fully saturated rings. The predicted molar refractivity (Wildman–Crippen MR) is 135 cm³/mol. The van der Waals surface area contributed by atoms with Gasteiger partial charge in [0.05, 0.1) is 0 Å². The third kappa shape index (κ3) is 5.98. The Morgan fingerprint density at radius 3 is 2.38 bits per heavy atom. The lowest BCUT2D eigenvalue weighted by atomic mass is 10.0. The largest absolute Gasteiger partial charge is 0.457 e. The Balaban J connectivity index is 0.00000140. The molecule has 3 nitrogen and oxygen atoms in total. The summed E-state index contributed by atoms with van der Waals surface area (Å²) in [6, 6.07) is 16.3. The number of rotatable bonds is 6. The molecule has 34 heavy (non-hydrogen) atoms. The molecule has 0 atom stereocenters. The number of benzene rings is 3. The third-order valence-corrected chi connectivity index (χ3v) is 5.45. The number of carbonyl (C=O) groups excluding carboxylic acids is 1. The normalized spacial score (nSPS) is 12.3. The van der Waals surface area contributed by atoms with Crippen molar-refractivity contribution < 1.29 is 19.7 Å². The van der Waals surface area contributed by atoms with E-state index in [0.717, 1.165) is 18.1 Å². The fourth-order valence-corrected chi connectivity index (χ4v) is 3.76. The van der Waals surface area contributed by atoms with Crippen LogP contribution in [0.5, 0.6) is 11.5 Å². The number of nitrogens with one attached hydrogen (secondary N) is 1. The van der Waals surface area contributed by atoms with Crippen molar-refractivity contribution in [3.8, 4) is 11.5 Å². The number of ether oxygens (including phenoxy) is 1. The van der Waals surface area contributed by atoms with E-state index in [1.807, 2.05) is 45.0 Å². The summed E-state index contributed by atoms with van der Waals surface area (Å²) < 4.78 is 32.8. The summed E-state index contributed by atoms with van der Waals surface area (Å²) in [7, 11) is 0. The van der Waals surface area contributed by atoms with Crippen molar-refractivity contribution in [2.45, 2.75) is 40.7 Å². The molecule has 1 aliphatic carbocycles. The van der Waals surface area contributed by atoms with Crippen LogP contribution in [0, 0.1) is 18.6 Å². The van der Waals surface area contributed by atoms with Gasteiger partial charge in [-0.2, -0.15) is 0 Å². The molecule has 3 aromatic rings. The summed E-state index contributed by atoms with van der Waals surface area (Å²) in [6.45, 7) is 7.94. The highest BCUT2D eigenvalue weighted by Crippen LogP contribution is 2.32. The second kappa shape index (κ2) is 11.4. The summed E-state index contributed by atoms with van der Waals surface area (Å²) >= 11 is 0. The van der Waals surface area contributed by atoms with Crippen LogP contribution in [0.2, 0.25) is 0 Å². The lowest BCUT2D eigenvalue weighted by molar-refractivity contribution is 0.0950. The Kier molecular flexibility index (Phi) is 8.36. The van der Waals surface area contributed by atoms with Gasteiger partial charge in [0.15, 0.2) is 0 Å². The van der Waals surface area contributed by atoms with Crippen molar-refractivity contribution in [1.29, 1.82) is 0 Å². The van der Waals surface area contributed by atoms with Gasteiger partial charge in [-0.15, -0.1) is 0 Å². The molecule has 0 aromatic heterocycles. The Hall–Kier alpha value is -3.73. The van der Waals surface area contributed by atoms with Crippen LogP contribution in [-0.2, 0) is 6.54 Å². The molecule has 0 spiro atoms. The predicted octanol–water partition coefficient (Wildman–Crippen LogP) is 8.00. The molecule has 0 unspecified atom stereocenters. The molecule has 0 saturated carbocycles. The van der Waals surface area contributed by atoms with E-state index in [1.54, 1.807) is 18.2 Å². The summed E-state index contributed by atoms with van der Waals surface area (Å²) in [4.78, 5) is 12.7. The van der Waals surface area contributed by atoms with Gasteiger partial charge in [0.25, 0.3) is 5.91 Å². The fourth-order valence-electron chi connectivity index (χ4n) is 3.76. The van der Waals surface area contributed by atoms with Gasteiger partial charge in [-0.3, -0.25) is 4.79 Å². The minimum atomic E-state index is -0.679. The van der Waals surface area contributed by atoms with E-state index in [2.05, 4.69) is 24.4 Å². The van der Waals surface area contributed by atoms with E-state index >= 15 is 0 Å². The van der Waals surface area contributed by atoms with Crippen molar-refractivity contribution >= 4 is 11.5 Å². The van der Waals surface area contributed by atoms with E-state index in [-0.39, 0.29) is 13.9 Å². The quantitative estimate of drug-likeness (QED) is 0.402. The second-order valence-corrected chi connectivity index (χ2v) is 7.82. The molecule has 5 heteroatoms. The lowest BCUT2D eigenvalue weighted by Gasteiger charge is -2.14. The maximum Gasteiger partial charge on any atom is 0.251 e. The Bertz CT molecular complexity index is 1230. The summed E-state index contributed by atoms with van der Waals surface area (Å²) in [5.41, 5.74) is 5.07. The van der Waals surface area contributed by atoms with Gasteiger partial charge in [-0.05, 0) is 73.4 Å². The van der Waals surface area contributed by atoms with Crippen molar-refractivity contribution in [3.63, 3.8) is 0 Å². The first-order valence-corrected chi connectivity index (χ1v) is 11.4. The van der Waals surface area contributed by atoms with Crippen LogP contribution in [0.3, 0.4) is 0 Å². The molecular formula is C29H31F2NO2. The second-order valence-electron chi connectivity index (χ2n) is 7.82. The van der Waals surface area contributed by atoms with E-state index in [1.165, 1.54) is 23.3 Å². The third-order valence-electron chi connectivity index (χ3n) is 5.45. The SMILES string of the molecule is CC.CC1=C(c2cccc(Oc3cccc(C(=O)NCc4cc(F)cc(F)c4)c3C)c2)C=CC1.[HH]. The van der Waals surface area contributed by atoms with E-state index in [0.29, 0.717) is 28.2 Å². The standard InChI is InChI=1S/C27H23F2NO2.C2H6.H2/c1-17-6-3-9-24(17)20-7-4-8-23(14-20)32-26-11-5-10-25(18(26)2)27(31)30-16-19-12-21(28)15-22(29)13-19;1-2;/h3-5,7-15H,6,16H2,1-2H3,(H,30,31);1-2H3;1H. The van der Waals surface area contributed by atoms with Crippen LogP contribution in [0.15, 0.2) is 78.4 Å². The minimum Gasteiger partial charge on any atom is -0.457 e. The highest BCUT2D eigenvalue weighted by atomic mass is 19.1. The van der Waals surface area contributed by atoms with Crippen molar-refractivity contribution in [3.05, 3.63) is 112 Å². The highest BCUT2D eigenvalue weighted by Gasteiger charge is 2.14. The van der Waals surface area contributed by atoms with Crippen molar-refractivity contribution in [1.82, 2.24) is 5.32 Å². The molecule has 0 radical (unpaired) electrons. The first kappa shape index (κ1) is 24.9. The number of hydrogen-bond donors (Lipinski definition) is 1. The number of hydrogen-bond acceptors (Lipinski definition) is 2. The summed E-state index contributed by atoms with van der Waals surface area (Å²) in [6.07, 6.45) is 5.22. The minimum absolute atomic E-state index is 0. The molecule has 0 heterocycles. The van der Waals surface area contributed by atoms with Gasteiger partial charge < -0.3 is 10.1 Å². The van der Waals surface area contributed by atoms with E-state index in [9.17, 15) is 13.6 Å². The van der Waals surface area contributed by atoms with Crippen molar-refractivity contribution in [2.75, 3.05) is 0 Å². The Morgan fingerprint density at radius 1 is 1.00 bits per heavy atom. The monoisotopic (exact) mass is 463 g/mol. The number of allylic oxidation sites excluding steroid dienone is 4. The molecule has 1 aliphatic rings. The molecule has 0 bridgehead atoms. The van der Waals surface area contributed by atoms with Crippen LogP contribution < -0.4 is 10.1 Å². The molecular weight excluding hydrogens is 432 g/mol. The number of amides is 1. The topological polar surface area (TPSA) is 38.3 Å². The average molecular weight is 464 g/mol.